The van der Waals surface area contributed by atoms with Gasteiger partial charge < -0.3 is 5.32 Å². The molecular weight excluding hydrogens is 224 g/mol. The first-order valence-electron chi connectivity index (χ1n) is 5.97. The Labute approximate surface area is 107 Å². The van der Waals surface area contributed by atoms with Crippen molar-refractivity contribution in [2.24, 2.45) is 0 Å². The molecule has 1 aromatic carbocycles. The van der Waals surface area contributed by atoms with E-state index in [9.17, 15) is 0 Å². The van der Waals surface area contributed by atoms with Crippen molar-refractivity contribution in [1.29, 1.82) is 5.26 Å². The third kappa shape index (κ3) is 2.89. The van der Waals surface area contributed by atoms with Gasteiger partial charge in [-0.25, -0.2) is 0 Å². The van der Waals surface area contributed by atoms with Crippen molar-refractivity contribution < 1.29 is 0 Å². The molecule has 0 bridgehead atoms. The number of nitrogens with zero attached hydrogens (tertiary/aromatic N) is 3. The zero-order valence-electron chi connectivity index (χ0n) is 10.6. The first-order valence-corrected chi connectivity index (χ1v) is 5.97. The number of nitriles is 1. The van der Waals surface area contributed by atoms with E-state index in [1.165, 1.54) is 0 Å². The molecule has 0 fully saturated rings. The Balaban J connectivity index is 2.00. The minimum absolute atomic E-state index is 0.376. The van der Waals surface area contributed by atoms with Crippen molar-refractivity contribution in [1.82, 2.24) is 9.78 Å². The molecule has 0 aliphatic rings. The summed E-state index contributed by atoms with van der Waals surface area (Å²) in [6, 6.07) is 11.9. The minimum Gasteiger partial charge on any atom is -0.379 e. The standard InChI is InChI=1S/C14H16N4/c1-11(2)18-7-6-14(17-18)10-16-13-5-3-4-12(8-13)9-15/h3-8,11,16H,10H2,1-2H3. The van der Waals surface area contributed by atoms with Crippen LogP contribution in [0.1, 0.15) is 31.1 Å². The summed E-state index contributed by atoms with van der Waals surface area (Å²) in [5.41, 5.74) is 2.59. The highest BCUT2D eigenvalue weighted by molar-refractivity contribution is 5.49. The smallest absolute Gasteiger partial charge is 0.0992 e. The van der Waals surface area contributed by atoms with Crippen LogP contribution in [0.25, 0.3) is 0 Å². The maximum Gasteiger partial charge on any atom is 0.0992 e. The highest BCUT2D eigenvalue weighted by Crippen LogP contribution is 2.11. The number of aromatic nitrogens is 2. The molecule has 4 heteroatoms. The second-order valence-corrected chi connectivity index (χ2v) is 4.43. The molecule has 0 spiro atoms. The second-order valence-electron chi connectivity index (χ2n) is 4.43. The Morgan fingerprint density at radius 1 is 1.39 bits per heavy atom. The van der Waals surface area contributed by atoms with Gasteiger partial charge in [-0.05, 0) is 38.1 Å². The van der Waals surface area contributed by atoms with E-state index in [0.29, 0.717) is 18.2 Å². The summed E-state index contributed by atoms with van der Waals surface area (Å²) in [7, 11) is 0. The van der Waals surface area contributed by atoms with Crippen molar-refractivity contribution in [3.8, 4) is 6.07 Å². The van der Waals surface area contributed by atoms with Crippen LogP contribution in [0.3, 0.4) is 0 Å². The third-order valence-electron chi connectivity index (χ3n) is 2.66. The van der Waals surface area contributed by atoms with E-state index in [2.05, 4.69) is 30.3 Å². The van der Waals surface area contributed by atoms with Gasteiger partial charge in [-0.2, -0.15) is 10.4 Å². The second kappa shape index (κ2) is 5.37. The third-order valence-corrected chi connectivity index (χ3v) is 2.66. The van der Waals surface area contributed by atoms with Gasteiger partial charge in [0.15, 0.2) is 0 Å². The van der Waals surface area contributed by atoms with Crippen LogP contribution in [0.5, 0.6) is 0 Å². The molecule has 2 aromatic rings. The van der Waals surface area contributed by atoms with Crippen molar-refractivity contribution in [2.45, 2.75) is 26.4 Å². The largest absolute Gasteiger partial charge is 0.379 e. The quantitative estimate of drug-likeness (QED) is 0.893. The fourth-order valence-corrected chi connectivity index (χ4v) is 1.65. The van der Waals surface area contributed by atoms with Crippen molar-refractivity contribution in [2.75, 3.05) is 5.32 Å². The summed E-state index contributed by atoms with van der Waals surface area (Å²) >= 11 is 0. The first-order chi connectivity index (χ1) is 8.69. The van der Waals surface area contributed by atoms with E-state index in [4.69, 9.17) is 5.26 Å². The zero-order chi connectivity index (χ0) is 13.0. The summed E-state index contributed by atoms with van der Waals surface area (Å²) in [5.74, 6) is 0. The SMILES string of the molecule is CC(C)n1ccc(CNc2cccc(C#N)c2)n1. The van der Waals surface area contributed by atoms with E-state index < -0.39 is 0 Å². The topological polar surface area (TPSA) is 53.6 Å². The molecule has 2 rings (SSSR count). The van der Waals surface area contributed by atoms with Crippen molar-refractivity contribution >= 4 is 5.69 Å². The Hall–Kier alpha value is -2.28. The summed E-state index contributed by atoms with van der Waals surface area (Å²) in [5, 5.41) is 16.5. The molecule has 18 heavy (non-hydrogen) atoms. The number of rotatable bonds is 4. The van der Waals surface area contributed by atoms with E-state index in [1.807, 2.05) is 35.1 Å². The maximum atomic E-state index is 8.82. The molecule has 0 saturated carbocycles. The van der Waals surface area contributed by atoms with E-state index in [-0.39, 0.29) is 0 Å². The van der Waals surface area contributed by atoms with Crippen LogP contribution in [0.15, 0.2) is 36.5 Å². The molecule has 1 N–H and O–H groups in total. The summed E-state index contributed by atoms with van der Waals surface area (Å²) in [4.78, 5) is 0. The fraction of sp³-hybridized carbons (Fsp3) is 0.286. The van der Waals surface area contributed by atoms with Crippen LogP contribution in [-0.4, -0.2) is 9.78 Å². The number of nitrogens with one attached hydrogen (secondary N) is 1. The summed E-state index contributed by atoms with van der Waals surface area (Å²) in [6.45, 7) is 4.86. The van der Waals surface area contributed by atoms with Gasteiger partial charge in [-0.3, -0.25) is 4.68 Å². The first kappa shape index (κ1) is 12.2. The molecule has 0 radical (unpaired) electrons. The van der Waals surface area contributed by atoms with Gasteiger partial charge in [0.25, 0.3) is 0 Å². The van der Waals surface area contributed by atoms with E-state index in [0.717, 1.165) is 11.4 Å². The van der Waals surface area contributed by atoms with Crippen LogP contribution in [-0.2, 0) is 6.54 Å². The molecule has 0 unspecified atom stereocenters. The predicted octanol–water partition coefficient (Wildman–Crippen LogP) is 2.95. The normalized spacial score (nSPS) is 10.3. The maximum absolute atomic E-state index is 8.82. The monoisotopic (exact) mass is 240 g/mol. The van der Waals surface area contributed by atoms with Crippen LogP contribution < -0.4 is 5.32 Å². The fourth-order valence-electron chi connectivity index (χ4n) is 1.65. The highest BCUT2D eigenvalue weighted by Gasteiger charge is 2.02. The Kier molecular flexibility index (Phi) is 3.63. The summed E-state index contributed by atoms with van der Waals surface area (Å²) < 4.78 is 1.93. The highest BCUT2D eigenvalue weighted by atomic mass is 15.3. The Morgan fingerprint density at radius 2 is 2.22 bits per heavy atom. The van der Waals surface area contributed by atoms with Gasteiger partial charge in [0.2, 0.25) is 0 Å². The lowest BCUT2D eigenvalue weighted by Crippen LogP contribution is -2.04. The van der Waals surface area contributed by atoms with Gasteiger partial charge >= 0.3 is 0 Å². The van der Waals surface area contributed by atoms with Gasteiger partial charge in [0.1, 0.15) is 0 Å². The summed E-state index contributed by atoms with van der Waals surface area (Å²) in [6.07, 6.45) is 1.98. The van der Waals surface area contributed by atoms with Gasteiger partial charge in [-0.15, -0.1) is 0 Å². The molecule has 0 amide bonds. The Bertz CT molecular complexity index is 563. The van der Waals surface area contributed by atoms with E-state index in [1.54, 1.807) is 6.07 Å². The minimum atomic E-state index is 0.376. The molecule has 1 aromatic heterocycles. The molecule has 0 aliphatic heterocycles. The molecule has 0 atom stereocenters. The van der Waals surface area contributed by atoms with Crippen LogP contribution in [0, 0.1) is 11.3 Å². The molecule has 92 valence electrons. The number of hydrogen-bond donors (Lipinski definition) is 1. The number of anilines is 1. The van der Waals surface area contributed by atoms with Crippen molar-refractivity contribution in [3.05, 3.63) is 47.8 Å². The molecule has 4 nitrogen and oxygen atoms in total. The van der Waals surface area contributed by atoms with Crippen molar-refractivity contribution in [3.63, 3.8) is 0 Å². The zero-order valence-corrected chi connectivity index (χ0v) is 10.6. The van der Waals surface area contributed by atoms with Crippen LogP contribution >= 0.6 is 0 Å². The molecular formula is C14H16N4. The van der Waals surface area contributed by atoms with E-state index >= 15 is 0 Å². The molecule has 0 saturated heterocycles. The average molecular weight is 240 g/mol. The lowest BCUT2D eigenvalue weighted by molar-refractivity contribution is 0.527. The van der Waals surface area contributed by atoms with Gasteiger partial charge in [0, 0.05) is 17.9 Å². The molecule has 1 heterocycles. The number of benzene rings is 1. The lowest BCUT2D eigenvalue weighted by atomic mass is 10.2. The average Bonchev–Trinajstić information content (AvgIpc) is 2.85. The van der Waals surface area contributed by atoms with Gasteiger partial charge in [0.05, 0.1) is 23.9 Å². The lowest BCUT2D eigenvalue weighted by Gasteiger charge is -2.06. The van der Waals surface area contributed by atoms with Crippen LogP contribution in [0.2, 0.25) is 0 Å². The van der Waals surface area contributed by atoms with Crippen LogP contribution in [0.4, 0.5) is 5.69 Å². The Morgan fingerprint density at radius 3 is 2.89 bits per heavy atom. The number of hydrogen-bond acceptors (Lipinski definition) is 3. The molecule has 0 aliphatic carbocycles. The predicted molar refractivity (Wildman–Crippen MR) is 71.1 cm³/mol. The van der Waals surface area contributed by atoms with Gasteiger partial charge in [-0.1, -0.05) is 6.07 Å².